The van der Waals surface area contributed by atoms with Gasteiger partial charge in [0.1, 0.15) is 5.75 Å². The van der Waals surface area contributed by atoms with Crippen molar-refractivity contribution in [2.24, 2.45) is 5.73 Å². The Morgan fingerprint density at radius 3 is 1.92 bits per heavy atom. The van der Waals surface area contributed by atoms with Crippen LogP contribution in [0.15, 0.2) is 24.3 Å². The molecule has 0 spiro atoms. The summed E-state index contributed by atoms with van der Waals surface area (Å²) < 4.78 is 65.6. The minimum Gasteiger partial charge on any atom is -0.428 e. The number of alkyl halides is 4. The number of rotatable bonds is 5. The Morgan fingerprint density at radius 1 is 1.04 bits per heavy atom. The fourth-order valence-electron chi connectivity index (χ4n) is 2.15. The molecule has 1 aromatic carbocycles. The Labute approximate surface area is 138 Å². The molecule has 4 nitrogen and oxygen atoms in total. The molecule has 134 valence electrons. The van der Waals surface area contributed by atoms with Crippen LogP contribution in [0.5, 0.6) is 5.75 Å². The van der Waals surface area contributed by atoms with E-state index in [0.717, 1.165) is 12.1 Å². The number of halogens is 4. The average Bonchev–Trinajstić information content (AvgIpc) is 2.67. The molecule has 9 heteroatoms. The minimum absolute atomic E-state index is 0.384. The van der Waals surface area contributed by atoms with Gasteiger partial charge >= 0.3 is 19.7 Å². The molecule has 1 heterocycles. The Bertz CT molecular complexity index is 565. The molecule has 1 aromatic rings. The monoisotopic (exact) mass is 349 g/mol. The molecule has 1 atom stereocenters. The third kappa shape index (κ3) is 3.68. The molecule has 0 radical (unpaired) electrons. The van der Waals surface area contributed by atoms with Gasteiger partial charge in [-0.15, -0.1) is 0 Å². The maximum Gasteiger partial charge on any atom is 0.480 e. The van der Waals surface area contributed by atoms with E-state index in [4.69, 9.17) is 15.0 Å². The lowest BCUT2D eigenvalue weighted by molar-refractivity contribution is -0.253. The number of nitrogens with two attached hydrogens (primary N) is 1. The molecule has 2 rings (SSSR count). The quantitative estimate of drug-likeness (QED) is 0.653. The molecule has 1 saturated heterocycles. The lowest BCUT2D eigenvalue weighted by atomic mass is 9.75. The van der Waals surface area contributed by atoms with Gasteiger partial charge in [0, 0.05) is 0 Å². The van der Waals surface area contributed by atoms with Gasteiger partial charge in [-0.2, -0.15) is 17.6 Å². The molecular formula is C15H20BF4NO3. The van der Waals surface area contributed by atoms with Crippen molar-refractivity contribution in [1.29, 1.82) is 0 Å². The average molecular weight is 349 g/mol. The second kappa shape index (κ2) is 6.20. The summed E-state index contributed by atoms with van der Waals surface area (Å²) in [5.41, 5.74) is 5.54. The number of hydrogen-bond donors (Lipinski definition) is 1. The summed E-state index contributed by atoms with van der Waals surface area (Å²) in [4.78, 5) is 0. The predicted octanol–water partition coefficient (Wildman–Crippen LogP) is 3.55. The molecule has 1 aliphatic heterocycles. The van der Waals surface area contributed by atoms with Crippen LogP contribution in [0.2, 0.25) is 0 Å². The molecule has 0 aliphatic carbocycles. The topological polar surface area (TPSA) is 53.7 Å². The van der Waals surface area contributed by atoms with Crippen molar-refractivity contribution in [3.63, 3.8) is 0 Å². The maximum atomic E-state index is 12.9. The molecule has 0 saturated carbocycles. The fraction of sp³-hybridized carbons (Fsp3) is 0.600. The van der Waals surface area contributed by atoms with Gasteiger partial charge in [-0.3, -0.25) is 0 Å². The molecule has 1 fully saturated rings. The predicted molar refractivity (Wildman–Crippen MR) is 81.0 cm³/mol. The first-order chi connectivity index (χ1) is 10.9. The van der Waals surface area contributed by atoms with Gasteiger partial charge in [-0.25, -0.2) is 0 Å². The van der Waals surface area contributed by atoms with Crippen LogP contribution in [0.25, 0.3) is 0 Å². The van der Waals surface area contributed by atoms with E-state index in [2.05, 4.69) is 4.74 Å². The number of ether oxygens (including phenoxy) is 1. The van der Waals surface area contributed by atoms with Crippen molar-refractivity contribution in [1.82, 2.24) is 0 Å². The number of benzene rings is 1. The van der Waals surface area contributed by atoms with Gasteiger partial charge in [0.15, 0.2) is 0 Å². The molecule has 24 heavy (non-hydrogen) atoms. The van der Waals surface area contributed by atoms with Crippen molar-refractivity contribution in [3.8, 4) is 5.75 Å². The lowest BCUT2D eigenvalue weighted by Crippen LogP contribution is -2.41. The second-order valence-electron chi connectivity index (χ2n) is 6.68. The Hall–Kier alpha value is -1.32. The standard InChI is InChI=1S/C15H20BF4NO3/c1-13(2)14(3,4)24-16(23-13)11(21)9-5-7-10(8-6-9)22-15(19,20)12(17)18/h5-8,11-12H,21H2,1-4H3/t11-/m1/s1. The highest BCUT2D eigenvalue weighted by Gasteiger charge is 2.53. The normalized spacial score (nSPS) is 21.2. The second-order valence-corrected chi connectivity index (χ2v) is 6.68. The smallest absolute Gasteiger partial charge is 0.428 e. The van der Waals surface area contributed by atoms with Gasteiger partial charge in [0.2, 0.25) is 0 Å². The fourth-order valence-corrected chi connectivity index (χ4v) is 2.15. The van der Waals surface area contributed by atoms with Crippen molar-refractivity contribution in [2.45, 2.75) is 57.4 Å². The summed E-state index contributed by atoms with van der Waals surface area (Å²) in [6.45, 7) is 7.51. The van der Waals surface area contributed by atoms with Gasteiger partial charge < -0.3 is 19.8 Å². The van der Waals surface area contributed by atoms with Crippen molar-refractivity contribution >= 4 is 7.12 Å². The van der Waals surface area contributed by atoms with E-state index in [9.17, 15) is 17.6 Å². The van der Waals surface area contributed by atoms with Gasteiger partial charge in [0.05, 0.1) is 17.1 Å². The Kier molecular flexibility index (Phi) is 4.91. The SMILES string of the molecule is CC1(C)OB([C@H](N)c2ccc(OC(F)(F)C(F)F)cc2)OC1(C)C. The van der Waals surface area contributed by atoms with Crippen LogP contribution in [-0.4, -0.2) is 30.9 Å². The van der Waals surface area contributed by atoms with E-state index in [-0.39, 0.29) is 5.75 Å². The van der Waals surface area contributed by atoms with Gasteiger partial charge in [0.25, 0.3) is 0 Å². The van der Waals surface area contributed by atoms with Crippen molar-refractivity contribution in [3.05, 3.63) is 29.8 Å². The molecule has 0 bridgehead atoms. The van der Waals surface area contributed by atoms with Crippen molar-refractivity contribution in [2.75, 3.05) is 0 Å². The maximum absolute atomic E-state index is 12.9. The first kappa shape index (κ1) is 19.0. The highest BCUT2D eigenvalue weighted by Crippen LogP contribution is 2.39. The summed E-state index contributed by atoms with van der Waals surface area (Å²) >= 11 is 0. The van der Waals surface area contributed by atoms with E-state index in [1.54, 1.807) is 0 Å². The number of hydrogen-bond acceptors (Lipinski definition) is 4. The molecular weight excluding hydrogens is 329 g/mol. The van der Waals surface area contributed by atoms with E-state index in [0.29, 0.717) is 5.56 Å². The highest BCUT2D eigenvalue weighted by molar-refractivity contribution is 6.47. The van der Waals surface area contributed by atoms with Crippen LogP contribution in [0.1, 0.15) is 39.2 Å². The third-order valence-electron chi connectivity index (χ3n) is 4.34. The zero-order valence-corrected chi connectivity index (χ0v) is 13.9. The van der Waals surface area contributed by atoms with Crippen LogP contribution in [0.4, 0.5) is 17.6 Å². The highest BCUT2D eigenvalue weighted by atomic mass is 19.3. The zero-order chi connectivity index (χ0) is 18.3. The minimum atomic E-state index is -4.55. The molecule has 0 aromatic heterocycles. The van der Waals surface area contributed by atoms with E-state index in [1.807, 2.05) is 27.7 Å². The van der Waals surface area contributed by atoms with Gasteiger partial charge in [-0.1, -0.05) is 12.1 Å². The van der Waals surface area contributed by atoms with Crippen LogP contribution >= 0.6 is 0 Å². The third-order valence-corrected chi connectivity index (χ3v) is 4.34. The summed E-state index contributed by atoms with van der Waals surface area (Å²) in [6, 6.07) is 5.12. The summed E-state index contributed by atoms with van der Waals surface area (Å²) in [5, 5.41) is 0. The lowest BCUT2D eigenvalue weighted by Gasteiger charge is -2.32. The van der Waals surface area contributed by atoms with E-state index in [1.165, 1.54) is 12.1 Å². The van der Waals surface area contributed by atoms with Crippen LogP contribution in [0.3, 0.4) is 0 Å². The van der Waals surface area contributed by atoms with Crippen LogP contribution in [0, 0.1) is 0 Å². The molecule has 1 aliphatic rings. The van der Waals surface area contributed by atoms with Gasteiger partial charge in [-0.05, 0) is 45.4 Å². The Balaban J connectivity index is 2.09. The summed E-state index contributed by atoms with van der Waals surface area (Å²) in [7, 11) is -0.718. The molecule has 0 amide bonds. The summed E-state index contributed by atoms with van der Waals surface area (Å²) in [6.07, 6.45) is -8.46. The molecule has 2 N–H and O–H groups in total. The summed E-state index contributed by atoms with van der Waals surface area (Å²) in [5.74, 6) is -1.05. The van der Waals surface area contributed by atoms with Crippen LogP contribution < -0.4 is 10.5 Å². The first-order valence-corrected chi connectivity index (χ1v) is 7.42. The largest absolute Gasteiger partial charge is 0.480 e. The van der Waals surface area contributed by atoms with E-state index >= 15 is 0 Å². The zero-order valence-electron chi connectivity index (χ0n) is 13.9. The Morgan fingerprint density at radius 2 is 1.50 bits per heavy atom. The van der Waals surface area contributed by atoms with E-state index < -0.39 is 36.8 Å². The first-order valence-electron chi connectivity index (χ1n) is 7.42. The van der Waals surface area contributed by atoms with Crippen molar-refractivity contribution < 1.29 is 31.6 Å². The molecule has 0 unspecified atom stereocenters. The van der Waals surface area contributed by atoms with Crippen LogP contribution in [-0.2, 0) is 9.31 Å².